The molecule has 174 valence electrons. The number of hydrogen-bond acceptors (Lipinski definition) is 5. The topological polar surface area (TPSA) is 82.9 Å². The van der Waals surface area contributed by atoms with Crippen LogP contribution in [-0.2, 0) is 23.1 Å². The first-order valence-electron chi connectivity index (χ1n) is 11.6. The fraction of sp³-hybridized carbons (Fsp3) is 0.542. The Morgan fingerprint density at radius 3 is 2.41 bits per heavy atom. The lowest BCUT2D eigenvalue weighted by atomic mass is 10.0. The van der Waals surface area contributed by atoms with Crippen molar-refractivity contribution < 1.29 is 17.6 Å². The minimum absolute atomic E-state index is 0.0241. The zero-order chi connectivity index (χ0) is 22.7. The SMILES string of the molecule is Cc1oc(C(=O)NCc2ccc(CN3CCCCC3C)cc2)cc1S(=O)(=O)N1CCCC1. The van der Waals surface area contributed by atoms with Gasteiger partial charge in [-0.05, 0) is 57.2 Å². The smallest absolute Gasteiger partial charge is 0.287 e. The van der Waals surface area contributed by atoms with Crippen LogP contribution in [0.15, 0.2) is 39.6 Å². The van der Waals surface area contributed by atoms with E-state index in [0.29, 0.717) is 25.7 Å². The first-order chi connectivity index (χ1) is 15.3. The van der Waals surface area contributed by atoms with Crippen molar-refractivity contribution in [3.8, 4) is 0 Å². The van der Waals surface area contributed by atoms with Crippen molar-refractivity contribution in [2.75, 3.05) is 19.6 Å². The van der Waals surface area contributed by atoms with E-state index in [1.807, 2.05) is 12.1 Å². The Morgan fingerprint density at radius 1 is 1.06 bits per heavy atom. The van der Waals surface area contributed by atoms with Crippen LogP contribution in [0, 0.1) is 6.92 Å². The number of nitrogens with one attached hydrogen (secondary N) is 1. The number of hydrogen-bond donors (Lipinski definition) is 1. The Morgan fingerprint density at radius 2 is 1.72 bits per heavy atom. The second kappa shape index (κ2) is 9.77. The van der Waals surface area contributed by atoms with Gasteiger partial charge in [-0.15, -0.1) is 0 Å². The van der Waals surface area contributed by atoms with Crippen LogP contribution in [0.1, 0.15) is 66.5 Å². The number of furan rings is 1. The minimum Gasteiger partial charge on any atom is -0.455 e. The van der Waals surface area contributed by atoms with Gasteiger partial charge in [0.15, 0.2) is 5.76 Å². The lowest BCUT2D eigenvalue weighted by Gasteiger charge is -2.33. The number of benzene rings is 1. The molecule has 2 fully saturated rings. The van der Waals surface area contributed by atoms with Crippen LogP contribution in [-0.4, -0.2) is 49.2 Å². The van der Waals surface area contributed by atoms with Gasteiger partial charge in [0.25, 0.3) is 5.91 Å². The number of piperidine rings is 1. The van der Waals surface area contributed by atoms with E-state index in [4.69, 9.17) is 4.42 Å². The number of rotatable bonds is 7. The highest BCUT2D eigenvalue weighted by Crippen LogP contribution is 2.26. The molecule has 0 radical (unpaired) electrons. The molecule has 2 saturated heterocycles. The van der Waals surface area contributed by atoms with E-state index in [1.54, 1.807) is 6.92 Å². The third-order valence-corrected chi connectivity index (χ3v) is 8.59. The van der Waals surface area contributed by atoms with Gasteiger partial charge < -0.3 is 9.73 Å². The molecule has 7 nitrogen and oxygen atoms in total. The molecule has 0 spiro atoms. The van der Waals surface area contributed by atoms with Gasteiger partial charge in [0, 0.05) is 38.3 Å². The molecule has 1 aromatic heterocycles. The Kier molecular flexibility index (Phi) is 7.02. The predicted molar refractivity (Wildman–Crippen MR) is 123 cm³/mol. The summed E-state index contributed by atoms with van der Waals surface area (Å²) in [7, 11) is -3.61. The van der Waals surface area contributed by atoms with Crippen LogP contribution in [0.3, 0.4) is 0 Å². The lowest BCUT2D eigenvalue weighted by Crippen LogP contribution is -2.36. The first kappa shape index (κ1) is 23.0. The molecule has 8 heteroatoms. The summed E-state index contributed by atoms with van der Waals surface area (Å²) in [6.07, 6.45) is 5.56. The Bertz CT molecular complexity index is 1040. The molecule has 2 aromatic rings. The van der Waals surface area contributed by atoms with Crippen LogP contribution >= 0.6 is 0 Å². The standard InChI is InChI=1S/C24H33N3O4S/c1-18-7-3-4-12-26(18)17-21-10-8-20(9-11-21)16-25-24(28)22-15-23(19(2)31-22)32(29,30)27-13-5-6-14-27/h8-11,15,18H,3-7,12-14,16-17H2,1-2H3,(H,25,28). The average molecular weight is 460 g/mol. The molecule has 0 aliphatic carbocycles. The van der Waals surface area contributed by atoms with Crippen molar-refractivity contribution in [2.45, 2.75) is 70.0 Å². The Hall–Kier alpha value is -2.16. The van der Waals surface area contributed by atoms with Crippen molar-refractivity contribution in [1.82, 2.24) is 14.5 Å². The van der Waals surface area contributed by atoms with Crippen molar-refractivity contribution in [3.05, 3.63) is 53.0 Å². The number of sulfonamides is 1. The molecule has 0 saturated carbocycles. The Balaban J connectivity index is 1.35. The molecule has 1 aromatic carbocycles. The quantitative estimate of drug-likeness (QED) is 0.683. The predicted octanol–water partition coefficient (Wildman–Crippen LogP) is 3.68. The molecule has 0 bridgehead atoms. The number of carbonyl (C=O) groups excluding carboxylic acids is 1. The van der Waals surface area contributed by atoms with E-state index in [2.05, 4.69) is 29.3 Å². The van der Waals surface area contributed by atoms with Gasteiger partial charge in [-0.3, -0.25) is 9.69 Å². The van der Waals surface area contributed by atoms with E-state index in [0.717, 1.165) is 31.5 Å². The summed E-state index contributed by atoms with van der Waals surface area (Å²) in [4.78, 5) is 15.2. The van der Waals surface area contributed by atoms with E-state index >= 15 is 0 Å². The van der Waals surface area contributed by atoms with Crippen molar-refractivity contribution >= 4 is 15.9 Å². The normalized spacial score (nSPS) is 20.5. The van der Waals surface area contributed by atoms with Crippen molar-refractivity contribution in [2.24, 2.45) is 0 Å². The summed E-state index contributed by atoms with van der Waals surface area (Å²) < 4.78 is 32.6. The van der Waals surface area contributed by atoms with Gasteiger partial charge in [-0.2, -0.15) is 4.31 Å². The first-order valence-corrected chi connectivity index (χ1v) is 13.0. The number of carbonyl (C=O) groups is 1. The zero-order valence-electron chi connectivity index (χ0n) is 19.0. The van der Waals surface area contributed by atoms with Crippen LogP contribution in [0.25, 0.3) is 0 Å². The van der Waals surface area contributed by atoms with Crippen molar-refractivity contribution in [1.29, 1.82) is 0 Å². The van der Waals surface area contributed by atoms with Gasteiger partial charge in [-0.25, -0.2) is 8.42 Å². The van der Waals surface area contributed by atoms with Gasteiger partial charge in [-0.1, -0.05) is 30.7 Å². The second-order valence-corrected chi connectivity index (χ2v) is 10.9. The fourth-order valence-electron chi connectivity index (χ4n) is 4.56. The Labute approximate surface area is 190 Å². The van der Waals surface area contributed by atoms with Crippen LogP contribution in [0.5, 0.6) is 0 Å². The second-order valence-electron chi connectivity index (χ2n) is 8.96. The molecular weight excluding hydrogens is 426 g/mol. The van der Waals surface area contributed by atoms with E-state index < -0.39 is 15.9 Å². The molecule has 32 heavy (non-hydrogen) atoms. The van der Waals surface area contributed by atoms with Gasteiger partial charge in [0.05, 0.1) is 0 Å². The summed E-state index contributed by atoms with van der Waals surface area (Å²) in [6.45, 7) is 7.36. The van der Waals surface area contributed by atoms with E-state index in [-0.39, 0.29) is 16.4 Å². The summed E-state index contributed by atoms with van der Waals surface area (Å²) in [5.41, 5.74) is 2.26. The van der Waals surface area contributed by atoms with Crippen molar-refractivity contribution in [3.63, 3.8) is 0 Å². The largest absolute Gasteiger partial charge is 0.455 e. The molecule has 1 atom stereocenters. The number of amides is 1. The highest BCUT2D eigenvalue weighted by atomic mass is 32.2. The zero-order valence-corrected chi connectivity index (χ0v) is 19.8. The van der Waals surface area contributed by atoms with Gasteiger partial charge in [0.1, 0.15) is 10.7 Å². The number of aryl methyl sites for hydroxylation is 1. The summed E-state index contributed by atoms with van der Waals surface area (Å²) in [5.74, 6) is -0.142. The summed E-state index contributed by atoms with van der Waals surface area (Å²) in [5, 5.41) is 2.83. The number of nitrogens with zero attached hydrogens (tertiary/aromatic N) is 2. The molecule has 1 N–H and O–H groups in total. The van der Waals surface area contributed by atoms with E-state index in [1.165, 1.54) is 35.2 Å². The van der Waals surface area contributed by atoms with Crippen LogP contribution in [0.4, 0.5) is 0 Å². The molecule has 1 unspecified atom stereocenters. The van der Waals surface area contributed by atoms with E-state index in [9.17, 15) is 13.2 Å². The molecule has 1 amide bonds. The summed E-state index contributed by atoms with van der Waals surface area (Å²) in [6, 6.07) is 10.3. The number of likely N-dealkylation sites (tertiary alicyclic amines) is 1. The third-order valence-electron chi connectivity index (χ3n) is 6.58. The maximum absolute atomic E-state index is 12.8. The molecule has 2 aliphatic rings. The maximum Gasteiger partial charge on any atom is 0.287 e. The van der Waals surface area contributed by atoms with Gasteiger partial charge in [0.2, 0.25) is 10.0 Å². The highest BCUT2D eigenvalue weighted by Gasteiger charge is 2.31. The van der Waals surface area contributed by atoms with Crippen LogP contribution in [0.2, 0.25) is 0 Å². The lowest BCUT2D eigenvalue weighted by molar-refractivity contribution is 0.0922. The molecule has 4 rings (SSSR count). The monoisotopic (exact) mass is 459 g/mol. The highest BCUT2D eigenvalue weighted by molar-refractivity contribution is 7.89. The minimum atomic E-state index is -3.61. The molecule has 2 aliphatic heterocycles. The molecular formula is C24H33N3O4S. The fourth-order valence-corrected chi connectivity index (χ4v) is 6.24. The van der Waals surface area contributed by atoms with Crippen LogP contribution < -0.4 is 5.32 Å². The third kappa shape index (κ3) is 5.08. The van der Waals surface area contributed by atoms with Gasteiger partial charge >= 0.3 is 0 Å². The summed E-state index contributed by atoms with van der Waals surface area (Å²) >= 11 is 0. The maximum atomic E-state index is 12.8. The average Bonchev–Trinajstić information content (AvgIpc) is 3.45. The molecule has 3 heterocycles.